The number of hydrogen-bond acceptors (Lipinski definition) is 2. The van der Waals surface area contributed by atoms with Gasteiger partial charge in [-0.1, -0.05) is 6.42 Å². The van der Waals surface area contributed by atoms with Gasteiger partial charge in [-0.25, -0.2) is 4.39 Å². The van der Waals surface area contributed by atoms with Gasteiger partial charge in [0.2, 0.25) is 0 Å². The maximum absolute atomic E-state index is 12.9. The zero-order chi connectivity index (χ0) is 10.8. The highest BCUT2D eigenvalue weighted by Crippen LogP contribution is 2.30. The van der Waals surface area contributed by atoms with Crippen LogP contribution >= 0.6 is 0 Å². The SMILES string of the molecule is O=C([C@@H](O)C1CCC1)N1CCC=C(F)C1. The minimum Gasteiger partial charge on any atom is -0.383 e. The van der Waals surface area contributed by atoms with Crippen molar-refractivity contribution in [3.8, 4) is 0 Å². The summed E-state index contributed by atoms with van der Waals surface area (Å²) in [6, 6.07) is 0. The molecule has 2 rings (SSSR count). The smallest absolute Gasteiger partial charge is 0.252 e. The molecule has 1 fully saturated rings. The van der Waals surface area contributed by atoms with Crippen LogP contribution in [0, 0.1) is 5.92 Å². The molecule has 1 N–H and O–H groups in total. The highest BCUT2D eigenvalue weighted by atomic mass is 19.1. The van der Waals surface area contributed by atoms with Crippen molar-refractivity contribution in [3.05, 3.63) is 11.9 Å². The third-order valence-electron chi connectivity index (χ3n) is 3.27. The highest BCUT2D eigenvalue weighted by Gasteiger charge is 2.34. The van der Waals surface area contributed by atoms with Crippen molar-refractivity contribution in [2.75, 3.05) is 13.1 Å². The maximum Gasteiger partial charge on any atom is 0.252 e. The second kappa shape index (κ2) is 4.31. The van der Waals surface area contributed by atoms with Crippen molar-refractivity contribution in [3.63, 3.8) is 0 Å². The number of carbonyl (C=O) groups excluding carboxylic acids is 1. The van der Waals surface area contributed by atoms with Crippen LogP contribution < -0.4 is 0 Å². The highest BCUT2D eigenvalue weighted by molar-refractivity contribution is 5.81. The molecule has 1 saturated carbocycles. The molecule has 0 unspecified atom stereocenters. The summed E-state index contributed by atoms with van der Waals surface area (Å²) in [5.41, 5.74) is 0. The first-order valence-corrected chi connectivity index (χ1v) is 5.50. The van der Waals surface area contributed by atoms with Crippen LogP contribution in [0.1, 0.15) is 25.7 Å². The number of carbonyl (C=O) groups is 1. The first-order chi connectivity index (χ1) is 7.18. The fourth-order valence-corrected chi connectivity index (χ4v) is 2.04. The summed E-state index contributed by atoms with van der Waals surface area (Å²) in [4.78, 5) is 13.2. The third kappa shape index (κ3) is 2.20. The Morgan fingerprint density at radius 3 is 2.87 bits per heavy atom. The molecule has 0 spiro atoms. The van der Waals surface area contributed by atoms with Crippen LogP contribution in [0.5, 0.6) is 0 Å². The van der Waals surface area contributed by atoms with E-state index in [9.17, 15) is 14.3 Å². The maximum atomic E-state index is 12.9. The number of amides is 1. The van der Waals surface area contributed by atoms with Crippen LogP contribution in [0.2, 0.25) is 0 Å². The van der Waals surface area contributed by atoms with Gasteiger partial charge in [-0.2, -0.15) is 0 Å². The first kappa shape index (κ1) is 10.6. The molecule has 1 aliphatic heterocycles. The van der Waals surface area contributed by atoms with Gasteiger partial charge >= 0.3 is 0 Å². The molecule has 2 aliphatic rings. The molecule has 4 heteroatoms. The van der Waals surface area contributed by atoms with E-state index in [0.29, 0.717) is 13.0 Å². The molecular formula is C11H16FNO2. The Kier molecular flexibility index (Phi) is 3.05. The Morgan fingerprint density at radius 1 is 1.60 bits per heavy atom. The quantitative estimate of drug-likeness (QED) is 0.749. The van der Waals surface area contributed by atoms with Crippen LogP contribution in [-0.2, 0) is 4.79 Å². The third-order valence-corrected chi connectivity index (χ3v) is 3.27. The lowest BCUT2D eigenvalue weighted by atomic mass is 9.80. The summed E-state index contributed by atoms with van der Waals surface area (Å²) in [7, 11) is 0. The van der Waals surface area contributed by atoms with Crippen LogP contribution in [0.3, 0.4) is 0 Å². The van der Waals surface area contributed by atoms with Crippen molar-refractivity contribution in [1.29, 1.82) is 0 Å². The van der Waals surface area contributed by atoms with Gasteiger partial charge in [0.05, 0.1) is 6.54 Å². The summed E-state index contributed by atoms with van der Waals surface area (Å²) in [6.07, 6.45) is 4.06. The molecular weight excluding hydrogens is 197 g/mol. The lowest BCUT2D eigenvalue weighted by Gasteiger charge is -2.33. The van der Waals surface area contributed by atoms with Gasteiger partial charge in [-0.15, -0.1) is 0 Å². The molecule has 0 aromatic rings. The van der Waals surface area contributed by atoms with E-state index in [1.807, 2.05) is 0 Å². The summed E-state index contributed by atoms with van der Waals surface area (Å²) >= 11 is 0. The summed E-state index contributed by atoms with van der Waals surface area (Å²) in [6.45, 7) is 0.554. The zero-order valence-corrected chi connectivity index (χ0v) is 8.66. The van der Waals surface area contributed by atoms with Gasteiger partial charge in [0, 0.05) is 6.54 Å². The Bertz CT molecular complexity index is 286. The molecule has 0 radical (unpaired) electrons. The lowest BCUT2D eigenvalue weighted by Crippen LogP contribution is -2.46. The molecule has 1 heterocycles. The predicted molar refractivity (Wildman–Crippen MR) is 53.7 cm³/mol. The van der Waals surface area contributed by atoms with E-state index in [4.69, 9.17) is 0 Å². The second-order valence-corrected chi connectivity index (χ2v) is 4.34. The Labute approximate surface area is 88.6 Å². The molecule has 1 atom stereocenters. The van der Waals surface area contributed by atoms with Crippen molar-refractivity contribution in [2.24, 2.45) is 5.92 Å². The van der Waals surface area contributed by atoms with Crippen LogP contribution in [-0.4, -0.2) is 35.1 Å². The molecule has 0 saturated heterocycles. The van der Waals surface area contributed by atoms with E-state index in [-0.39, 0.29) is 24.2 Å². The topological polar surface area (TPSA) is 40.5 Å². The van der Waals surface area contributed by atoms with E-state index < -0.39 is 6.10 Å². The number of aliphatic hydroxyl groups is 1. The van der Waals surface area contributed by atoms with E-state index in [2.05, 4.69) is 0 Å². The predicted octanol–water partition coefficient (Wildman–Crippen LogP) is 1.23. The molecule has 3 nitrogen and oxygen atoms in total. The number of nitrogens with zero attached hydrogens (tertiary/aromatic N) is 1. The number of aliphatic hydroxyl groups excluding tert-OH is 1. The zero-order valence-electron chi connectivity index (χ0n) is 8.66. The molecule has 1 aliphatic carbocycles. The Hall–Kier alpha value is -0.900. The van der Waals surface area contributed by atoms with Crippen molar-refractivity contribution in [1.82, 2.24) is 4.90 Å². The summed E-state index contributed by atoms with van der Waals surface area (Å²) in [5, 5.41) is 9.74. The number of rotatable bonds is 2. The van der Waals surface area contributed by atoms with Gasteiger partial charge in [0.15, 0.2) is 0 Å². The summed E-state index contributed by atoms with van der Waals surface area (Å²) < 4.78 is 12.9. The fourth-order valence-electron chi connectivity index (χ4n) is 2.04. The van der Waals surface area contributed by atoms with Gasteiger partial charge < -0.3 is 10.0 Å². The van der Waals surface area contributed by atoms with E-state index >= 15 is 0 Å². The van der Waals surface area contributed by atoms with Crippen molar-refractivity contribution in [2.45, 2.75) is 31.8 Å². The summed E-state index contributed by atoms with van der Waals surface area (Å²) in [5.74, 6) is -0.468. The molecule has 1 amide bonds. The number of hydrogen-bond donors (Lipinski definition) is 1. The van der Waals surface area contributed by atoms with E-state index in [1.165, 1.54) is 11.0 Å². The Balaban J connectivity index is 1.92. The van der Waals surface area contributed by atoms with Gasteiger partial charge in [0.1, 0.15) is 11.9 Å². The fraction of sp³-hybridized carbons (Fsp3) is 0.727. The second-order valence-electron chi connectivity index (χ2n) is 4.34. The number of halogens is 1. The molecule has 84 valence electrons. The molecule has 0 aromatic heterocycles. The monoisotopic (exact) mass is 213 g/mol. The van der Waals surface area contributed by atoms with Crippen molar-refractivity contribution >= 4 is 5.91 Å². The average Bonchev–Trinajstić information content (AvgIpc) is 2.14. The van der Waals surface area contributed by atoms with Gasteiger partial charge in [0.25, 0.3) is 5.91 Å². The normalized spacial score (nSPS) is 24.4. The largest absolute Gasteiger partial charge is 0.383 e. The van der Waals surface area contributed by atoms with Crippen LogP contribution in [0.4, 0.5) is 4.39 Å². The van der Waals surface area contributed by atoms with Crippen LogP contribution in [0.15, 0.2) is 11.9 Å². The Morgan fingerprint density at radius 2 is 2.33 bits per heavy atom. The molecule has 0 bridgehead atoms. The van der Waals surface area contributed by atoms with Gasteiger partial charge in [-0.05, 0) is 31.3 Å². The van der Waals surface area contributed by atoms with Gasteiger partial charge in [-0.3, -0.25) is 4.79 Å². The van der Waals surface area contributed by atoms with E-state index in [1.54, 1.807) is 0 Å². The first-order valence-electron chi connectivity index (χ1n) is 5.50. The minimum atomic E-state index is -0.912. The average molecular weight is 213 g/mol. The van der Waals surface area contributed by atoms with Crippen molar-refractivity contribution < 1.29 is 14.3 Å². The lowest BCUT2D eigenvalue weighted by molar-refractivity contribution is -0.144. The molecule has 0 aromatic carbocycles. The minimum absolute atomic E-state index is 0.0304. The standard InChI is InChI=1S/C11H16FNO2/c12-9-5-2-6-13(7-9)11(15)10(14)8-3-1-4-8/h5,8,10,14H,1-4,6-7H2/t10-/m0/s1. The van der Waals surface area contributed by atoms with Crippen LogP contribution in [0.25, 0.3) is 0 Å². The van der Waals surface area contributed by atoms with E-state index in [0.717, 1.165) is 19.3 Å². The molecule has 15 heavy (non-hydrogen) atoms.